The van der Waals surface area contributed by atoms with Gasteiger partial charge in [-0.25, -0.2) is 4.79 Å². The van der Waals surface area contributed by atoms with Gasteiger partial charge in [-0.3, -0.25) is 9.59 Å². The molecular weight excluding hydrogens is 470 g/mol. The highest BCUT2D eigenvalue weighted by Crippen LogP contribution is 2.23. The Labute approximate surface area is 210 Å². The molecule has 0 unspecified atom stereocenters. The summed E-state index contributed by atoms with van der Waals surface area (Å²) >= 11 is 6.04. The van der Waals surface area contributed by atoms with Crippen molar-refractivity contribution in [1.82, 2.24) is 15.5 Å². The van der Waals surface area contributed by atoms with Crippen LogP contribution < -0.4 is 15.4 Å². The molecule has 0 heterocycles. The molecule has 0 aromatic heterocycles. The van der Waals surface area contributed by atoms with Gasteiger partial charge in [0, 0.05) is 29.4 Å². The van der Waals surface area contributed by atoms with Gasteiger partial charge in [0.25, 0.3) is 5.91 Å². The van der Waals surface area contributed by atoms with E-state index in [1.165, 1.54) is 11.0 Å². The zero-order valence-corrected chi connectivity index (χ0v) is 20.6. The summed E-state index contributed by atoms with van der Waals surface area (Å²) in [5, 5.41) is 15.0. The van der Waals surface area contributed by atoms with Crippen LogP contribution in [-0.4, -0.2) is 47.5 Å². The lowest BCUT2D eigenvalue weighted by Gasteiger charge is -2.24. The smallest absolute Gasteiger partial charge is 0.341 e. The van der Waals surface area contributed by atoms with Gasteiger partial charge < -0.3 is 25.4 Å². The van der Waals surface area contributed by atoms with Crippen molar-refractivity contribution in [2.24, 2.45) is 0 Å². The molecule has 0 saturated carbocycles. The zero-order chi connectivity index (χ0) is 25.8. The van der Waals surface area contributed by atoms with E-state index >= 15 is 0 Å². The van der Waals surface area contributed by atoms with Crippen molar-refractivity contribution >= 4 is 29.4 Å². The second-order valence-electron chi connectivity index (χ2n) is 7.67. The summed E-state index contributed by atoms with van der Waals surface area (Å²) < 4.78 is 5.26. The van der Waals surface area contributed by atoms with Crippen LogP contribution in [0.4, 0.5) is 0 Å². The van der Waals surface area contributed by atoms with Crippen molar-refractivity contribution in [3.63, 3.8) is 0 Å². The summed E-state index contributed by atoms with van der Waals surface area (Å²) in [6.07, 6.45) is 2.46. The number of aliphatic carboxylic acids is 1. The number of carboxylic acids is 1. The Balaban J connectivity index is 1.97. The predicted octanol–water partition coefficient (Wildman–Crippen LogP) is 3.52. The first kappa shape index (κ1) is 27.5. The maximum atomic E-state index is 13.0. The van der Waals surface area contributed by atoms with Crippen LogP contribution in [0.1, 0.15) is 25.0 Å². The Hall–Kier alpha value is -3.78. The van der Waals surface area contributed by atoms with Crippen molar-refractivity contribution in [2.45, 2.75) is 26.8 Å². The lowest BCUT2D eigenvalue weighted by atomic mass is 10.1. The van der Waals surface area contributed by atoms with E-state index in [1.54, 1.807) is 32.1 Å². The number of carbonyl (C=O) groups is 3. The number of allylic oxidation sites excluding steroid dienone is 2. The number of hydrogen-bond acceptors (Lipinski definition) is 5. The van der Waals surface area contributed by atoms with E-state index in [-0.39, 0.29) is 18.8 Å². The van der Waals surface area contributed by atoms with E-state index in [2.05, 4.69) is 17.2 Å². The number of rotatable bonds is 13. The highest BCUT2D eigenvalue weighted by molar-refractivity contribution is 6.30. The molecule has 2 aromatic carbocycles. The summed E-state index contributed by atoms with van der Waals surface area (Å²) in [6, 6.07) is 14.5. The molecule has 0 bridgehead atoms. The largest absolute Gasteiger partial charge is 0.482 e. The third-order valence-electron chi connectivity index (χ3n) is 5.09. The van der Waals surface area contributed by atoms with E-state index < -0.39 is 24.4 Å². The van der Waals surface area contributed by atoms with Gasteiger partial charge in [-0.1, -0.05) is 54.6 Å². The average molecular weight is 500 g/mol. The topological polar surface area (TPSA) is 108 Å². The number of amides is 2. The quantitative estimate of drug-likeness (QED) is 0.364. The summed E-state index contributed by atoms with van der Waals surface area (Å²) in [7, 11) is 0. The highest BCUT2D eigenvalue weighted by Gasteiger charge is 2.21. The number of carboxylic acid groups (broad SMARTS) is 1. The molecule has 8 nitrogen and oxygen atoms in total. The molecule has 2 amide bonds. The monoisotopic (exact) mass is 499 g/mol. The molecule has 0 atom stereocenters. The molecule has 35 heavy (non-hydrogen) atoms. The molecule has 0 saturated heterocycles. The fourth-order valence-electron chi connectivity index (χ4n) is 3.11. The molecule has 0 aliphatic carbocycles. The minimum absolute atomic E-state index is 0.0432. The first-order chi connectivity index (χ1) is 16.7. The zero-order valence-electron chi connectivity index (χ0n) is 19.8. The Morgan fingerprint density at radius 3 is 2.51 bits per heavy atom. The lowest BCUT2D eigenvalue weighted by Crippen LogP contribution is -2.42. The van der Waals surface area contributed by atoms with E-state index in [0.717, 1.165) is 12.0 Å². The first-order valence-corrected chi connectivity index (χ1v) is 11.4. The molecule has 9 heteroatoms. The van der Waals surface area contributed by atoms with Crippen LogP contribution in [0.25, 0.3) is 0 Å². The highest BCUT2D eigenvalue weighted by atomic mass is 35.5. The number of benzene rings is 2. The summed E-state index contributed by atoms with van der Waals surface area (Å²) in [4.78, 5) is 37.8. The van der Waals surface area contributed by atoms with E-state index in [0.29, 0.717) is 28.6 Å². The van der Waals surface area contributed by atoms with Crippen molar-refractivity contribution in [3.8, 4) is 5.75 Å². The Morgan fingerprint density at radius 1 is 1.14 bits per heavy atom. The van der Waals surface area contributed by atoms with Gasteiger partial charge in [-0.15, -0.1) is 0 Å². The van der Waals surface area contributed by atoms with Crippen LogP contribution in [0.15, 0.2) is 72.6 Å². The third kappa shape index (κ3) is 9.17. The van der Waals surface area contributed by atoms with Gasteiger partial charge in [-0.2, -0.15) is 0 Å². The van der Waals surface area contributed by atoms with Crippen LogP contribution in [-0.2, 0) is 27.3 Å². The van der Waals surface area contributed by atoms with Crippen molar-refractivity contribution < 1.29 is 24.2 Å². The molecule has 2 aromatic rings. The number of nitrogens with one attached hydrogen (secondary N) is 2. The van der Waals surface area contributed by atoms with Gasteiger partial charge in [0.2, 0.25) is 5.91 Å². The average Bonchev–Trinajstić information content (AvgIpc) is 2.85. The maximum absolute atomic E-state index is 13.0. The van der Waals surface area contributed by atoms with Gasteiger partial charge >= 0.3 is 5.97 Å². The molecule has 0 radical (unpaired) electrons. The van der Waals surface area contributed by atoms with Gasteiger partial charge in [0.05, 0.1) is 5.70 Å². The van der Waals surface area contributed by atoms with E-state index in [9.17, 15) is 14.4 Å². The molecule has 0 aliphatic rings. The fraction of sp³-hybridized carbons (Fsp3) is 0.269. The minimum Gasteiger partial charge on any atom is -0.482 e. The molecule has 3 N–H and O–H groups in total. The van der Waals surface area contributed by atoms with Crippen LogP contribution >= 0.6 is 11.6 Å². The van der Waals surface area contributed by atoms with Gasteiger partial charge in [-0.05, 0) is 44.0 Å². The second kappa shape index (κ2) is 13.8. The molecular formula is C26H30ClN3O5. The van der Waals surface area contributed by atoms with Gasteiger partial charge in [0.15, 0.2) is 6.61 Å². The van der Waals surface area contributed by atoms with Crippen molar-refractivity contribution in [2.75, 3.05) is 19.7 Å². The number of hydrogen-bond donors (Lipinski definition) is 3. The van der Waals surface area contributed by atoms with Crippen LogP contribution in [0.5, 0.6) is 5.75 Å². The third-order valence-corrected chi connectivity index (χ3v) is 5.33. The standard InChI is InChI=1S/C26H30ClN3O5/c1-4-18(2)30(26(34)19(3)28-13-12-20-8-6-5-7-9-20)16-24(31)29-15-21-14-22(27)10-11-23(21)35-17-25(32)33/h4-11,14,28H,3,12-13,15-17H2,1-2H3,(H,29,31)(H,32,33)/b18-4-. The fourth-order valence-corrected chi connectivity index (χ4v) is 3.31. The molecule has 0 aliphatic heterocycles. The maximum Gasteiger partial charge on any atom is 0.341 e. The number of nitrogens with zero attached hydrogens (tertiary/aromatic N) is 1. The lowest BCUT2D eigenvalue weighted by molar-refractivity contribution is -0.139. The molecule has 0 spiro atoms. The van der Waals surface area contributed by atoms with Crippen molar-refractivity contribution in [3.05, 3.63) is 88.7 Å². The predicted molar refractivity (Wildman–Crippen MR) is 135 cm³/mol. The SMILES string of the molecule is C=C(NCCc1ccccc1)C(=O)N(CC(=O)NCc1cc(Cl)ccc1OCC(=O)O)/C(C)=C\C. The van der Waals surface area contributed by atoms with Crippen LogP contribution in [0, 0.1) is 0 Å². The van der Waals surface area contributed by atoms with Crippen molar-refractivity contribution in [1.29, 1.82) is 0 Å². The number of carbonyl (C=O) groups excluding carboxylic acids is 2. The summed E-state index contributed by atoms with van der Waals surface area (Å²) in [5.74, 6) is -1.65. The number of halogens is 1. The Bertz CT molecular complexity index is 1090. The van der Waals surface area contributed by atoms with E-state index in [4.69, 9.17) is 21.4 Å². The molecule has 0 fully saturated rings. The second-order valence-corrected chi connectivity index (χ2v) is 8.11. The minimum atomic E-state index is -1.12. The summed E-state index contributed by atoms with van der Waals surface area (Å²) in [6.45, 7) is 7.17. The van der Waals surface area contributed by atoms with E-state index in [1.807, 2.05) is 30.3 Å². The Morgan fingerprint density at radius 2 is 1.86 bits per heavy atom. The Kier molecular flexibility index (Phi) is 10.8. The molecule has 186 valence electrons. The van der Waals surface area contributed by atoms with Gasteiger partial charge in [0.1, 0.15) is 12.3 Å². The van der Waals surface area contributed by atoms with Crippen LogP contribution in [0.2, 0.25) is 5.02 Å². The first-order valence-electron chi connectivity index (χ1n) is 11.0. The van der Waals surface area contributed by atoms with Crippen LogP contribution in [0.3, 0.4) is 0 Å². The molecule has 2 rings (SSSR count). The number of ether oxygens (including phenoxy) is 1. The normalized spacial score (nSPS) is 10.9. The summed E-state index contributed by atoms with van der Waals surface area (Å²) in [5.41, 5.74) is 2.44.